The van der Waals surface area contributed by atoms with Crippen LogP contribution in [0.1, 0.15) is 0 Å². The SMILES string of the molecule is Fc1ccc(B(Oc2ccc(Cl)c3cccnc23)c2ccc(F)cc2)cc1. The van der Waals surface area contributed by atoms with Gasteiger partial charge in [0.2, 0.25) is 0 Å². The molecule has 0 amide bonds. The highest BCUT2D eigenvalue weighted by atomic mass is 35.5. The van der Waals surface area contributed by atoms with Crippen molar-refractivity contribution in [2.75, 3.05) is 0 Å². The zero-order valence-corrected chi connectivity index (χ0v) is 14.8. The van der Waals surface area contributed by atoms with Crippen LogP contribution in [0.5, 0.6) is 5.75 Å². The van der Waals surface area contributed by atoms with E-state index in [1.54, 1.807) is 48.7 Å². The molecule has 0 N–H and O–H groups in total. The Kier molecular flexibility index (Phi) is 4.78. The van der Waals surface area contributed by atoms with Crippen molar-refractivity contribution in [3.63, 3.8) is 0 Å². The molecule has 132 valence electrons. The first-order valence-electron chi connectivity index (χ1n) is 8.32. The van der Waals surface area contributed by atoms with Crippen molar-refractivity contribution < 1.29 is 13.4 Å². The minimum Gasteiger partial charge on any atom is -0.550 e. The quantitative estimate of drug-likeness (QED) is 0.492. The molecule has 6 heteroatoms. The minimum atomic E-state index is -0.558. The Morgan fingerprint density at radius 1 is 0.778 bits per heavy atom. The second-order valence-corrected chi connectivity index (χ2v) is 6.45. The molecule has 0 spiro atoms. The molecule has 2 nitrogen and oxygen atoms in total. The molecule has 0 bridgehead atoms. The second-order valence-electron chi connectivity index (χ2n) is 6.05. The summed E-state index contributed by atoms with van der Waals surface area (Å²) in [6.07, 6.45) is 1.66. The van der Waals surface area contributed by atoms with E-state index in [2.05, 4.69) is 4.98 Å². The van der Waals surface area contributed by atoms with Crippen molar-refractivity contribution in [3.8, 4) is 5.75 Å². The Balaban J connectivity index is 1.81. The predicted molar refractivity (Wildman–Crippen MR) is 105 cm³/mol. The molecule has 3 aromatic carbocycles. The van der Waals surface area contributed by atoms with E-state index in [1.165, 1.54) is 24.3 Å². The van der Waals surface area contributed by atoms with E-state index in [4.69, 9.17) is 16.3 Å². The molecule has 0 radical (unpaired) electrons. The molecule has 27 heavy (non-hydrogen) atoms. The monoisotopic (exact) mass is 379 g/mol. The molecule has 4 rings (SSSR count). The molecule has 0 saturated carbocycles. The van der Waals surface area contributed by atoms with Gasteiger partial charge in [0.05, 0.1) is 5.02 Å². The van der Waals surface area contributed by atoms with Gasteiger partial charge in [-0.3, -0.25) is 4.98 Å². The molecule has 0 atom stereocenters. The maximum Gasteiger partial charge on any atom is 0.426 e. The number of pyridine rings is 1. The summed E-state index contributed by atoms with van der Waals surface area (Å²) < 4.78 is 33.0. The van der Waals surface area contributed by atoms with E-state index in [1.807, 2.05) is 6.07 Å². The third kappa shape index (κ3) is 3.64. The van der Waals surface area contributed by atoms with E-state index in [0.29, 0.717) is 16.3 Å². The maximum atomic E-state index is 13.4. The average Bonchev–Trinajstić information content (AvgIpc) is 2.70. The maximum absolute atomic E-state index is 13.4. The van der Waals surface area contributed by atoms with Crippen LogP contribution >= 0.6 is 11.6 Å². The highest BCUT2D eigenvalue weighted by Gasteiger charge is 2.25. The zero-order chi connectivity index (χ0) is 18.8. The largest absolute Gasteiger partial charge is 0.550 e. The summed E-state index contributed by atoms with van der Waals surface area (Å²) >= 11 is 6.26. The fraction of sp³-hybridized carbons (Fsp3) is 0. The summed E-state index contributed by atoms with van der Waals surface area (Å²) in [4.78, 5) is 4.38. The first-order chi connectivity index (χ1) is 13.1. The van der Waals surface area contributed by atoms with Crippen molar-refractivity contribution in [1.29, 1.82) is 0 Å². The molecule has 0 aliphatic carbocycles. The highest BCUT2D eigenvalue weighted by Crippen LogP contribution is 2.29. The first kappa shape index (κ1) is 17.5. The van der Waals surface area contributed by atoms with Crippen LogP contribution in [0.4, 0.5) is 8.78 Å². The van der Waals surface area contributed by atoms with Gasteiger partial charge in [-0.05, 0) is 59.5 Å². The smallest absolute Gasteiger partial charge is 0.426 e. The summed E-state index contributed by atoms with van der Waals surface area (Å²) in [5, 5.41) is 1.35. The molecule has 1 heterocycles. The molecular weight excluding hydrogens is 366 g/mol. The van der Waals surface area contributed by atoms with Crippen LogP contribution in [0.2, 0.25) is 5.02 Å². The number of rotatable bonds is 4. The second kappa shape index (κ2) is 7.37. The highest BCUT2D eigenvalue weighted by molar-refractivity contribution is 6.80. The fourth-order valence-electron chi connectivity index (χ4n) is 2.94. The van der Waals surface area contributed by atoms with Crippen molar-refractivity contribution in [2.45, 2.75) is 0 Å². The Bertz CT molecular complexity index is 1040. The molecule has 0 unspecified atom stereocenters. The van der Waals surface area contributed by atoms with Crippen LogP contribution in [0.3, 0.4) is 0 Å². The number of nitrogens with zero attached hydrogens (tertiary/aromatic N) is 1. The number of hydrogen-bond acceptors (Lipinski definition) is 2. The molecule has 0 saturated heterocycles. The van der Waals surface area contributed by atoms with Gasteiger partial charge in [-0.15, -0.1) is 0 Å². The number of halogens is 3. The number of hydrogen-bond donors (Lipinski definition) is 0. The van der Waals surface area contributed by atoms with Crippen LogP contribution in [-0.2, 0) is 0 Å². The van der Waals surface area contributed by atoms with Gasteiger partial charge >= 0.3 is 6.92 Å². The summed E-state index contributed by atoms with van der Waals surface area (Å²) in [7, 11) is 0. The summed E-state index contributed by atoms with van der Waals surface area (Å²) in [5.41, 5.74) is 2.10. The minimum absolute atomic E-state index is 0.338. The first-order valence-corrected chi connectivity index (χ1v) is 8.70. The van der Waals surface area contributed by atoms with Crippen molar-refractivity contribution in [2.24, 2.45) is 0 Å². The van der Waals surface area contributed by atoms with Gasteiger partial charge in [-0.1, -0.05) is 35.9 Å². The summed E-state index contributed by atoms with van der Waals surface area (Å²) in [6, 6.07) is 19.2. The lowest BCUT2D eigenvalue weighted by atomic mass is 9.55. The van der Waals surface area contributed by atoms with Gasteiger partial charge in [-0.2, -0.15) is 0 Å². The molecule has 0 fully saturated rings. The average molecular weight is 380 g/mol. The molecule has 0 aliphatic rings. The number of aromatic nitrogens is 1. The van der Waals surface area contributed by atoms with E-state index in [0.717, 1.165) is 16.3 Å². The van der Waals surface area contributed by atoms with Crippen LogP contribution in [0.25, 0.3) is 10.9 Å². The molecule has 4 aromatic rings. The third-order valence-corrected chi connectivity index (χ3v) is 4.60. The molecule has 1 aromatic heterocycles. The zero-order valence-electron chi connectivity index (χ0n) is 14.1. The van der Waals surface area contributed by atoms with Gasteiger partial charge in [0, 0.05) is 11.6 Å². The Labute approximate surface area is 160 Å². The standard InChI is InChI=1S/C21H13BClF2NO/c23-19-11-12-20(21-18(19)2-1-13-26-21)27-22(14-3-7-16(24)8-4-14)15-5-9-17(25)10-6-15/h1-13H. The van der Waals surface area contributed by atoms with Gasteiger partial charge in [0.25, 0.3) is 0 Å². The van der Waals surface area contributed by atoms with Crippen molar-refractivity contribution in [1.82, 2.24) is 4.98 Å². The van der Waals surface area contributed by atoms with E-state index < -0.39 is 6.92 Å². The number of fused-ring (bicyclic) bond motifs is 1. The van der Waals surface area contributed by atoms with Crippen LogP contribution < -0.4 is 15.6 Å². The van der Waals surface area contributed by atoms with Gasteiger partial charge in [0.15, 0.2) is 0 Å². The summed E-state index contributed by atoms with van der Waals surface area (Å²) in [5.74, 6) is -0.140. The van der Waals surface area contributed by atoms with Crippen LogP contribution in [-0.4, -0.2) is 11.9 Å². The van der Waals surface area contributed by atoms with E-state index in [9.17, 15) is 8.78 Å². The molecule has 0 aliphatic heterocycles. The third-order valence-electron chi connectivity index (χ3n) is 4.27. The topological polar surface area (TPSA) is 22.1 Å². The lowest BCUT2D eigenvalue weighted by Crippen LogP contribution is -2.47. The normalized spacial score (nSPS) is 10.8. The fourth-order valence-corrected chi connectivity index (χ4v) is 3.15. The van der Waals surface area contributed by atoms with Crippen LogP contribution in [0.15, 0.2) is 79.0 Å². The Morgan fingerprint density at radius 2 is 1.37 bits per heavy atom. The Hall–Kier alpha value is -2.92. The molecular formula is C21H13BClF2NO. The van der Waals surface area contributed by atoms with Gasteiger partial charge in [0.1, 0.15) is 22.9 Å². The van der Waals surface area contributed by atoms with E-state index >= 15 is 0 Å². The summed E-state index contributed by atoms with van der Waals surface area (Å²) in [6.45, 7) is -0.558. The van der Waals surface area contributed by atoms with E-state index in [-0.39, 0.29) is 11.6 Å². The van der Waals surface area contributed by atoms with Crippen molar-refractivity contribution >= 4 is 40.3 Å². The lowest BCUT2D eigenvalue weighted by molar-refractivity contribution is 0.596. The lowest BCUT2D eigenvalue weighted by Gasteiger charge is -2.18. The predicted octanol–water partition coefficient (Wildman–Crippen LogP) is 4.35. The Morgan fingerprint density at radius 3 is 1.96 bits per heavy atom. The van der Waals surface area contributed by atoms with Gasteiger partial charge < -0.3 is 4.65 Å². The van der Waals surface area contributed by atoms with Crippen molar-refractivity contribution in [3.05, 3.63) is 95.7 Å². The van der Waals surface area contributed by atoms with Crippen LogP contribution in [0, 0.1) is 11.6 Å². The van der Waals surface area contributed by atoms with Gasteiger partial charge in [-0.25, -0.2) is 8.78 Å². The number of benzene rings is 3.